The van der Waals surface area contributed by atoms with E-state index in [9.17, 15) is 5.26 Å². The molecule has 112 valence electrons. The first-order chi connectivity index (χ1) is 10.3. The van der Waals surface area contributed by atoms with Crippen molar-refractivity contribution in [1.29, 1.82) is 10.5 Å². The van der Waals surface area contributed by atoms with Crippen molar-refractivity contribution in [2.75, 3.05) is 13.2 Å². The molecule has 2 rings (SSSR count). The number of unbranched alkanes of at least 4 members (excludes halogenated alkanes) is 4. The third kappa shape index (κ3) is 3.44. The summed E-state index contributed by atoms with van der Waals surface area (Å²) in [7, 11) is 0. The summed E-state index contributed by atoms with van der Waals surface area (Å²) < 4.78 is 11.7. The van der Waals surface area contributed by atoms with Crippen LogP contribution in [-0.2, 0) is 15.3 Å². The number of hydrogen-bond acceptors (Lipinski definition) is 5. The fraction of sp³-hybridized carbons (Fsp3) is 0.625. The van der Waals surface area contributed by atoms with Crippen molar-refractivity contribution in [3.8, 4) is 12.1 Å². The van der Waals surface area contributed by atoms with E-state index in [0.29, 0.717) is 24.3 Å². The third-order valence-corrected chi connectivity index (χ3v) is 4.84. The molecule has 0 unspecified atom stereocenters. The Morgan fingerprint density at radius 2 is 1.86 bits per heavy atom. The summed E-state index contributed by atoms with van der Waals surface area (Å²) in [6.07, 6.45) is 6.57. The predicted molar refractivity (Wildman–Crippen MR) is 80.7 cm³/mol. The highest BCUT2D eigenvalue weighted by molar-refractivity contribution is 7.10. The van der Waals surface area contributed by atoms with Crippen LogP contribution in [0.25, 0.3) is 0 Å². The van der Waals surface area contributed by atoms with Crippen LogP contribution in [0.5, 0.6) is 0 Å². The average molecular weight is 304 g/mol. The van der Waals surface area contributed by atoms with Crippen LogP contribution < -0.4 is 0 Å². The monoisotopic (exact) mass is 304 g/mol. The predicted octanol–water partition coefficient (Wildman–Crippen LogP) is 4.05. The summed E-state index contributed by atoms with van der Waals surface area (Å²) in [5.74, 6) is -0.808. The van der Waals surface area contributed by atoms with Gasteiger partial charge in [0.1, 0.15) is 12.1 Å². The van der Waals surface area contributed by atoms with Crippen LogP contribution in [0.4, 0.5) is 0 Å². The second-order valence-electron chi connectivity index (χ2n) is 5.19. The molecule has 0 bridgehead atoms. The van der Waals surface area contributed by atoms with Crippen molar-refractivity contribution < 1.29 is 9.47 Å². The van der Waals surface area contributed by atoms with Gasteiger partial charge in [-0.05, 0) is 6.42 Å². The molecule has 1 aliphatic heterocycles. The zero-order chi connectivity index (χ0) is 15.1. The second kappa shape index (κ2) is 7.56. The smallest absolute Gasteiger partial charge is 0.205 e. The second-order valence-corrected chi connectivity index (χ2v) is 6.07. The summed E-state index contributed by atoms with van der Waals surface area (Å²) in [5.41, 5.74) is 0.833. The summed E-state index contributed by atoms with van der Waals surface area (Å²) in [5, 5.41) is 20.1. The minimum absolute atomic E-state index is 0.415. The maximum atomic E-state index is 9.33. The molecule has 0 spiro atoms. The lowest BCUT2D eigenvalue weighted by Crippen LogP contribution is -2.27. The first kappa shape index (κ1) is 16.0. The highest BCUT2D eigenvalue weighted by Gasteiger charge is 2.41. The van der Waals surface area contributed by atoms with Gasteiger partial charge in [0.25, 0.3) is 0 Å². The Bertz CT molecular complexity index is 548. The fourth-order valence-corrected chi connectivity index (χ4v) is 3.72. The average Bonchev–Trinajstić information content (AvgIpc) is 3.13. The molecular weight excluding hydrogens is 284 g/mol. The molecule has 0 N–H and O–H groups in total. The van der Waals surface area contributed by atoms with Gasteiger partial charge in [0.2, 0.25) is 5.79 Å². The van der Waals surface area contributed by atoms with E-state index in [-0.39, 0.29) is 0 Å². The molecule has 1 aliphatic rings. The van der Waals surface area contributed by atoms with Gasteiger partial charge in [-0.3, -0.25) is 0 Å². The Hall–Kier alpha value is -1.40. The van der Waals surface area contributed by atoms with Gasteiger partial charge >= 0.3 is 0 Å². The molecule has 2 heterocycles. The van der Waals surface area contributed by atoms with Crippen molar-refractivity contribution in [2.45, 2.75) is 51.2 Å². The molecule has 1 saturated heterocycles. The third-order valence-electron chi connectivity index (χ3n) is 3.73. The minimum atomic E-state index is -0.808. The van der Waals surface area contributed by atoms with E-state index >= 15 is 0 Å². The summed E-state index contributed by atoms with van der Waals surface area (Å²) in [4.78, 5) is 0.759. The number of thiophene rings is 1. The lowest BCUT2D eigenvalue weighted by molar-refractivity contribution is -0.169. The molecule has 0 saturated carbocycles. The van der Waals surface area contributed by atoms with Gasteiger partial charge in [-0.25, -0.2) is 0 Å². The van der Waals surface area contributed by atoms with Gasteiger partial charge in [0.15, 0.2) is 0 Å². The molecule has 0 aromatic carbocycles. The zero-order valence-electron chi connectivity index (χ0n) is 12.4. The lowest BCUT2D eigenvalue weighted by atomic mass is 10.0. The van der Waals surface area contributed by atoms with E-state index in [1.54, 1.807) is 5.38 Å². The lowest BCUT2D eigenvalue weighted by Gasteiger charge is -2.26. The van der Waals surface area contributed by atoms with Crippen molar-refractivity contribution in [3.05, 3.63) is 21.4 Å². The number of ether oxygens (including phenoxy) is 2. The molecule has 0 aliphatic carbocycles. The molecule has 1 aromatic heterocycles. The largest absolute Gasteiger partial charge is 0.343 e. The highest BCUT2D eigenvalue weighted by atomic mass is 32.1. The maximum absolute atomic E-state index is 9.33. The van der Waals surface area contributed by atoms with Gasteiger partial charge in [0, 0.05) is 11.8 Å². The minimum Gasteiger partial charge on any atom is -0.343 e. The van der Waals surface area contributed by atoms with Gasteiger partial charge in [-0.1, -0.05) is 32.6 Å². The molecule has 21 heavy (non-hydrogen) atoms. The van der Waals surface area contributed by atoms with Gasteiger partial charge in [0.05, 0.1) is 29.2 Å². The van der Waals surface area contributed by atoms with E-state index in [2.05, 4.69) is 19.1 Å². The first-order valence-corrected chi connectivity index (χ1v) is 8.35. The number of hydrogen-bond donors (Lipinski definition) is 0. The maximum Gasteiger partial charge on any atom is 0.205 e. The topological polar surface area (TPSA) is 66.0 Å². The molecule has 1 aromatic rings. The SMILES string of the molecule is CCCCCCCC1(c2scc(C#N)c2C#N)OCCO1. The standard InChI is InChI=1S/C16H20N2O2S/c1-2-3-4-5-6-7-16(19-8-9-20-16)15-14(11-18)13(10-17)12-21-15/h12H,2-9H2,1H3. The van der Waals surface area contributed by atoms with Crippen LogP contribution in [-0.4, -0.2) is 13.2 Å². The summed E-state index contributed by atoms with van der Waals surface area (Å²) >= 11 is 1.39. The van der Waals surface area contributed by atoms with E-state index in [0.717, 1.165) is 24.1 Å². The Morgan fingerprint density at radius 3 is 2.48 bits per heavy atom. The molecule has 5 heteroatoms. The Balaban J connectivity index is 2.13. The fourth-order valence-electron chi connectivity index (χ4n) is 2.64. The van der Waals surface area contributed by atoms with E-state index in [4.69, 9.17) is 14.7 Å². The number of rotatable bonds is 7. The Morgan fingerprint density at radius 1 is 1.14 bits per heavy atom. The van der Waals surface area contributed by atoms with Gasteiger partial charge in [-0.15, -0.1) is 11.3 Å². The van der Waals surface area contributed by atoms with Crippen LogP contribution in [0.15, 0.2) is 5.38 Å². The normalized spacial score (nSPS) is 16.5. The van der Waals surface area contributed by atoms with Crippen molar-refractivity contribution in [1.82, 2.24) is 0 Å². The van der Waals surface area contributed by atoms with Crippen LogP contribution in [0.1, 0.15) is 61.5 Å². The summed E-state index contributed by atoms with van der Waals surface area (Å²) in [6, 6.07) is 4.20. The highest BCUT2D eigenvalue weighted by Crippen LogP contribution is 2.42. The molecule has 4 nitrogen and oxygen atoms in total. The Labute approximate surface area is 129 Å². The van der Waals surface area contributed by atoms with Crippen LogP contribution in [0, 0.1) is 22.7 Å². The van der Waals surface area contributed by atoms with Gasteiger partial charge in [-0.2, -0.15) is 10.5 Å². The molecule has 0 amide bonds. The van der Waals surface area contributed by atoms with E-state index in [1.807, 2.05) is 0 Å². The van der Waals surface area contributed by atoms with Gasteiger partial charge < -0.3 is 9.47 Å². The van der Waals surface area contributed by atoms with Crippen LogP contribution in [0.2, 0.25) is 0 Å². The molecule has 0 radical (unpaired) electrons. The van der Waals surface area contributed by atoms with E-state index < -0.39 is 5.79 Å². The van der Waals surface area contributed by atoms with Crippen LogP contribution >= 0.6 is 11.3 Å². The molecular formula is C16H20N2O2S. The van der Waals surface area contributed by atoms with Crippen molar-refractivity contribution in [2.24, 2.45) is 0 Å². The Kier molecular flexibility index (Phi) is 5.76. The van der Waals surface area contributed by atoms with Crippen molar-refractivity contribution in [3.63, 3.8) is 0 Å². The zero-order valence-corrected chi connectivity index (χ0v) is 13.2. The van der Waals surface area contributed by atoms with Crippen molar-refractivity contribution >= 4 is 11.3 Å². The number of nitrogens with zero attached hydrogens (tertiary/aromatic N) is 2. The summed E-state index contributed by atoms with van der Waals surface area (Å²) in [6.45, 7) is 3.28. The number of nitriles is 2. The molecule has 1 fully saturated rings. The van der Waals surface area contributed by atoms with E-state index in [1.165, 1.54) is 30.6 Å². The van der Waals surface area contributed by atoms with Crippen LogP contribution in [0.3, 0.4) is 0 Å². The molecule has 0 atom stereocenters. The first-order valence-electron chi connectivity index (χ1n) is 7.47. The quantitative estimate of drug-likeness (QED) is 0.713.